The molecule has 0 atom stereocenters. The Morgan fingerprint density at radius 3 is 2.90 bits per heavy atom. The van der Waals surface area contributed by atoms with Crippen LogP contribution in [-0.4, -0.2) is 17.6 Å². The van der Waals surface area contributed by atoms with Crippen LogP contribution < -0.4 is 5.32 Å². The van der Waals surface area contributed by atoms with Gasteiger partial charge in [-0.1, -0.05) is 23.4 Å². The number of aliphatic hydroxyl groups excluding tert-OH is 1. The minimum atomic E-state index is -0.587. The first kappa shape index (κ1) is 15.5. The summed E-state index contributed by atoms with van der Waals surface area (Å²) in [4.78, 5) is 13.2. The maximum Gasteiger partial charge on any atom is 0.265 e. The molecule has 1 amide bonds. The van der Waals surface area contributed by atoms with Crippen LogP contribution in [0.25, 0.3) is 0 Å². The second kappa shape index (κ2) is 7.23. The van der Waals surface area contributed by atoms with Gasteiger partial charge in [0.15, 0.2) is 0 Å². The van der Waals surface area contributed by atoms with Crippen LogP contribution >= 0.6 is 22.9 Å². The topological polar surface area (TPSA) is 49.3 Å². The summed E-state index contributed by atoms with van der Waals surface area (Å²) in [6.07, 6.45) is 0.392. The molecule has 1 aromatic carbocycles. The van der Waals surface area contributed by atoms with Crippen molar-refractivity contribution in [2.24, 2.45) is 0 Å². The number of carbonyl (C=O) groups is 1. The molecule has 1 aromatic heterocycles. The zero-order chi connectivity index (χ0) is 15.2. The molecule has 0 radical (unpaired) electrons. The predicted molar refractivity (Wildman–Crippen MR) is 82.3 cm³/mol. The van der Waals surface area contributed by atoms with Gasteiger partial charge in [-0.15, -0.1) is 11.3 Å². The van der Waals surface area contributed by atoms with Crippen LogP contribution in [0.15, 0.2) is 30.3 Å². The first-order valence-electron chi connectivity index (χ1n) is 6.06. The van der Waals surface area contributed by atoms with E-state index < -0.39 is 5.82 Å². The van der Waals surface area contributed by atoms with E-state index in [-0.39, 0.29) is 17.5 Å². The Kier molecular flexibility index (Phi) is 5.34. The summed E-state index contributed by atoms with van der Waals surface area (Å²) in [5.74, 6) is 4.71. The minimum Gasteiger partial charge on any atom is -0.395 e. The highest BCUT2D eigenvalue weighted by Crippen LogP contribution is 2.21. The second-order valence-electron chi connectivity index (χ2n) is 4.02. The van der Waals surface area contributed by atoms with E-state index in [4.69, 9.17) is 16.7 Å². The number of anilines is 1. The lowest BCUT2D eigenvalue weighted by Gasteiger charge is -2.04. The first-order valence-corrected chi connectivity index (χ1v) is 7.25. The first-order chi connectivity index (χ1) is 10.1. The minimum absolute atomic E-state index is 0.00515. The molecule has 0 aliphatic heterocycles. The standard InChI is InChI=1S/C15H11ClFNO2S/c16-12-6-4-10(9-13(12)17)18-15(20)14-7-5-11(21-14)3-1-2-8-19/h4-7,9,19H,2,8H2,(H,18,20). The number of rotatable bonds is 3. The Bertz CT molecular complexity index is 718. The van der Waals surface area contributed by atoms with Crippen LogP contribution in [0.1, 0.15) is 21.0 Å². The summed E-state index contributed by atoms with van der Waals surface area (Å²) < 4.78 is 13.3. The molecule has 0 aliphatic carbocycles. The van der Waals surface area contributed by atoms with Crippen LogP contribution in [0.2, 0.25) is 5.02 Å². The van der Waals surface area contributed by atoms with Crippen molar-refractivity contribution >= 4 is 34.5 Å². The molecule has 0 spiro atoms. The van der Waals surface area contributed by atoms with Gasteiger partial charge in [0.25, 0.3) is 5.91 Å². The molecule has 0 aliphatic rings. The van der Waals surface area contributed by atoms with Gasteiger partial charge in [-0.3, -0.25) is 4.79 Å². The second-order valence-corrected chi connectivity index (χ2v) is 5.51. The van der Waals surface area contributed by atoms with Crippen LogP contribution in [0.3, 0.4) is 0 Å². The molecule has 0 saturated carbocycles. The average molecular weight is 324 g/mol. The van der Waals surface area contributed by atoms with Crippen LogP contribution in [0, 0.1) is 17.7 Å². The molecule has 3 nitrogen and oxygen atoms in total. The quantitative estimate of drug-likeness (QED) is 0.849. The van der Waals surface area contributed by atoms with Crippen molar-refractivity contribution in [2.75, 3.05) is 11.9 Å². The Morgan fingerprint density at radius 2 is 2.19 bits per heavy atom. The lowest BCUT2D eigenvalue weighted by atomic mass is 10.3. The Morgan fingerprint density at radius 1 is 1.38 bits per heavy atom. The maximum absolute atomic E-state index is 13.3. The average Bonchev–Trinajstić information content (AvgIpc) is 2.92. The van der Waals surface area contributed by atoms with E-state index in [0.717, 1.165) is 10.9 Å². The van der Waals surface area contributed by atoms with Crippen molar-refractivity contribution in [3.63, 3.8) is 0 Å². The molecule has 1 heterocycles. The summed E-state index contributed by atoms with van der Waals surface area (Å²) in [5.41, 5.74) is 0.336. The predicted octanol–water partition coefficient (Wildman–Crippen LogP) is 3.53. The number of amides is 1. The largest absolute Gasteiger partial charge is 0.395 e. The van der Waals surface area contributed by atoms with Crippen LogP contribution in [0.5, 0.6) is 0 Å². The number of hydrogen-bond donors (Lipinski definition) is 2. The molecule has 0 fully saturated rings. The van der Waals surface area contributed by atoms with Gasteiger partial charge in [0.2, 0.25) is 0 Å². The smallest absolute Gasteiger partial charge is 0.265 e. The summed E-state index contributed by atoms with van der Waals surface area (Å²) in [6, 6.07) is 7.45. The van der Waals surface area contributed by atoms with Gasteiger partial charge < -0.3 is 10.4 Å². The highest BCUT2D eigenvalue weighted by molar-refractivity contribution is 7.14. The number of halogens is 2. The van der Waals surface area contributed by atoms with Crippen molar-refractivity contribution < 1.29 is 14.3 Å². The van der Waals surface area contributed by atoms with Gasteiger partial charge >= 0.3 is 0 Å². The Labute approximate surface area is 130 Å². The third-order valence-corrected chi connectivity index (χ3v) is 3.76. The molecule has 0 bridgehead atoms. The zero-order valence-corrected chi connectivity index (χ0v) is 12.4. The number of carbonyl (C=O) groups excluding carboxylic acids is 1. The fourth-order valence-corrected chi connectivity index (χ4v) is 2.39. The maximum atomic E-state index is 13.3. The van der Waals surface area contributed by atoms with E-state index in [9.17, 15) is 9.18 Å². The van der Waals surface area contributed by atoms with Crippen molar-refractivity contribution in [3.05, 3.63) is 50.9 Å². The van der Waals surface area contributed by atoms with E-state index in [0.29, 0.717) is 17.0 Å². The molecule has 2 rings (SSSR count). The van der Waals surface area contributed by atoms with Crippen molar-refractivity contribution in [1.29, 1.82) is 0 Å². The number of thiophene rings is 1. The Balaban J connectivity index is 2.07. The third-order valence-electron chi connectivity index (χ3n) is 2.46. The van der Waals surface area contributed by atoms with Gasteiger partial charge in [0.1, 0.15) is 5.82 Å². The fourth-order valence-electron chi connectivity index (χ4n) is 1.50. The molecule has 2 N–H and O–H groups in total. The summed E-state index contributed by atoms with van der Waals surface area (Å²) in [7, 11) is 0. The van der Waals surface area contributed by atoms with Gasteiger partial charge in [-0.25, -0.2) is 4.39 Å². The van der Waals surface area contributed by atoms with Crippen LogP contribution in [0.4, 0.5) is 10.1 Å². The number of hydrogen-bond acceptors (Lipinski definition) is 3. The molecular formula is C15H11ClFNO2S. The van der Waals surface area contributed by atoms with E-state index >= 15 is 0 Å². The van der Waals surface area contributed by atoms with Gasteiger partial charge in [-0.05, 0) is 30.3 Å². The highest BCUT2D eigenvalue weighted by atomic mass is 35.5. The lowest BCUT2D eigenvalue weighted by molar-refractivity contribution is 0.103. The molecule has 108 valence electrons. The fraction of sp³-hybridized carbons (Fsp3) is 0.133. The van der Waals surface area contributed by atoms with Gasteiger partial charge in [0.05, 0.1) is 21.4 Å². The van der Waals surface area contributed by atoms with E-state index in [2.05, 4.69) is 17.2 Å². The van der Waals surface area contributed by atoms with E-state index in [1.54, 1.807) is 12.1 Å². The molecule has 21 heavy (non-hydrogen) atoms. The molecule has 6 heteroatoms. The summed E-state index contributed by atoms with van der Waals surface area (Å²) in [6.45, 7) is 0.00779. The van der Waals surface area contributed by atoms with Crippen molar-refractivity contribution in [1.82, 2.24) is 0 Å². The monoisotopic (exact) mass is 323 g/mol. The van der Waals surface area contributed by atoms with E-state index in [1.165, 1.54) is 23.5 Å². The molecular weight excluding hydrogens is 313 g/mol. The van der Waals surface area contributed by atoms with E-state index in [1.807, 2.05) is 0 Å². The van der Waals surface area contributed by atoms with Crippen molar-refractivity contribution in [2.45, 2.75) is 6.42 Å². The molecule has 2 aromatic rings. The number of aliphatic hydroxyl groups is 1. The summed E-state index contributed by atoms with van der Waals surface area (Å²) in [5, 5.41) is 11.2. The van der Waals surface area contributed by atoms with Crippen LogP contribution in [-0.2, 0) is 0 Å². The highest BCUT2D eigenvalue weighted by Gasteiger charge is 2.10. The molecule has 0 unspecified atom stereocenters. The summed E-state index contributed by atoms with van der Waals surface area (Å²) >= 11 is 6.81. The SMILES string of the molecule is O=C(Nc1ccc(Cl)c(F)c1)c1ccc(C#CCCO)s1. The normalized spacial score (nSPS) is 9.86. The number of nitrogens with one attached hydrogen (secondary N) is 1. The van der Waals surface area contributed by atoms with Gasteiger partial charge in [-0.2, -0.15) is 0 Å². The third kappa shape index (κ3) is 4.30. The number of benzene rings is 1. The molecule has 0 saturated heterocycles. The Hall–Kier alpha value is -1.87. The zero-order valence-electron chi connectivity index (χ0n) is 10.8. The lowest BCUT2D eigenvalue weighted by Crippen LogP contribution is -2.10. The van der Waals surface area contributed by atoms with Crippen molar-refractivity contribution in [3.8, 4) is 11.8 Å². The van der Waals surface area contributed by atoms with Gasteiger partial charge in [0, 0.05) is 12.1 Å².